The Morgan fingerprint density at radius 2 is 1.77 bits per heavy atom. The maximum absolute atomic E-state index is 12.3. The van der Waals surface area contributed by atoms with Crippen LogP contribution >= 0.6 is 11.6 Å². The summed E-state index contributed by atoms with van der Waals surface area (Å²) in [5, 5.41) is 12.5. The van der Waals surface area contributed by atoms with Gasteiger partial charge >= 0.3 is 0 Å². The Balaban J connectivity index is 1.78. The molecule has 26 heavy (non-hydrogen) atoms. The molecule has 0 atom stereocenters. The Labute approximate surface area is 156 Å². The molecule has 0 aliphatic heterocycles. The van der Waals surface area contributed by atoms with Crippen LogP contribution in [0.2, 0.25) is 5.02 Å². The van der Waals surface area contributed by atoms with Crippen LogP contribution in [-0.4, -0.2) is 5.91 Å². The van der Waals surface area contributed by atoms with Gasteiger partial charge in [-0.05, 0) is 43.3 Å². The van der Waals surface area contributed by atoms with E-state index in [4.69, 9.17) is 16.0 Å². The van der Waals surface area contributed by atoms with Crippen LogP contribution in [0.3, 0.4) is 0 Å². The largest absolute Gasteiger partial charge is 0.457 e. The van der Waals surface area contributed by atoms with E-state index in [2.05, 4.69) is 5.32 Å². The molecule has 3 rings (SSSR count). The number of hydrogen-bond donors (Lipinski definition) is 1. The minimum Gasteiger partial charge on any atom is -0.457 e. The van der Waals surface area contributed by atoms with Crippen molar-refractivity contribution in [3.05, 3.63) is 82.6 Å². The maximum Gasteiger partial charge on any atom is 0.266 e. The Hall–Kier alpha value is -3.29. The highest BCUT2D eigenvalue weighted by molar-refractivity contribution is 6.30. The molecule has 0 radical (unpaired) electrons. The third-order valence-electron chi connectivity index (χ3n) is 3.72. The predicted molar refractivity (Wildman–Crippen MR) is 103 cm³/mol. The number of carbonyl (C=O) groups is 1. The average molecular weight is 363 g/mol. The third-order valence-corrected chi connectivity index (χ3v) is 3.97. The number of anilines is 1. The smallest absolute Gasteiger partial charge is 0.266 e. The first-order chi connectivity index (χ1) is 12.5. The lowest BCUT2D eigenvalue weighted by atomic mass is 10.1. The number of nitriles is 1. The molecule has 128 valence electrons. The molecule has 0 bridgehead atoms. The second-order valence-electron chi connectivity index (χ2n) is 5.70. The summed E-state index contributed by atoms with van der Waals surface area (Å²) in [6, 6.07) is 20.0. The molecule has 2 aromatic carbocycles. The summed E-state index contributed by atoms with van der Waals surface area (Å²) in [5.41, 5.74) is 2.59. The number of benzene rings is 2. The minimum absolute atomic E-state index is 0.0512. The van der Waals surface area contributed by atoms with E-state index in [-0.39, 0.29) is 5.57 Å². The fourth-order valence-corrected chi connectivity index (χ4v) is 2.45. The zero-order valence-electron chi connectivity index (χ0n) is 14.0. The van der Waals surface area contributed by atoms with Crippen molar-refractivity contribution in [3.8, 4) is 17.4 Å². The molecular weight excluding hydrogens is 348 g/mol. The van der Waals surface area contributed by atoms with Gasteiger partial charge in [-0.3, -0.25) is 4.79 Å². The van der Waals surface area contributed by atoms with Gasteiger partial charge in [0, 0.05) is 22.3 Å². The number of halogens is 1. The summed E-state index contributed by atoms with van der Waals surface area (Å²) in [4.78, 5) is 12.3. The Kier molecular flexibility index (Phi) is 5.21. The van der Waals surface area contributed by atoms with E-state index in [1.807, 2.05) is 43.3 Å². The molecule has 1 amide bonds. The van der Waals surface area contributed by atoms with E-state index in [0.29, 0.717) is 22.2 Å². The van der Waals surface area contributed by atoms with Crippen LogP contribution in [0.25, 0.3) is 17.4 Å². The molecule has 0 saturated carbocycles. The topological polar surface area (TPSA) is 66.0 Å². The van der Waals surface area contributed by atoms with E-state index < -0.39 is 5.91 Å². The first-order valence-electron chi connectivity index (χ1n) is 7.91. The number of rotatable bonds is 4. The summed E-state index contributed by atoms with van der Waals surface area (Å²) in [6.45, 7) is 2.01. The van der Waals surface area contributed by atoms with Crippen molar-refractivity contribution in [1.82, 2.24) is 0 Å². The second-order valence-corrected chi connectivity index (χ2v) is 6.14. The lowest BCUT2D eigenvalue weighted by Gasteiger charge is -2.03. The Morgan fingerprint density at radius 3 is 2.42 bits per heavy atom. The monoisotopic (exact) mass is 362 g/mol. The number of aryl methyl sites for hydroxylation is 1. The van der Waals surface area contributed by atoms with E-state index in [1.165, 1.54) is 6.08 Å². The lowest BCUT2D eigenvalue weighted by molar-refractivity contribution is -0.112. The summed E-state index contributed by atoms with van der Waals surface area (Å²) < 4.78 is 5.73. The molecule has 3 aromatic rings. The van der Waals surface area contributed by atoms with Gasteiger partial charge in [-0.25, -0.2) is 0 Å². The van der Waals surface area contributed by atoms with Gasteiger partial charge in [0.25, 0.3) is 5.91 Å². The summed E-state index contributed by atoms with van der Waals surface area (Å²) >= 11 is 5.82. The minimum atomic E-state index is -0.511. The van der Waals surface area contributed by atoms with Crippen molar-refractivity contribution in [3.63, 3.8) is 0 Å². The third kappa shape index (κ3) is 4.21. The van der Waals surface area contributed by atoms with Gasteiger partial charge < -0.3 is 9.73 Å². The fraction of sp³-hybridized carbons (Fsp3) is 0.0476. The number of nitrogens with zero attached hydrogens (tertiary/aromatic N) is 1. The van der Waals surface area contributed by atoms with Crippen LogP contribution < -0.4 is 5.32 Å². The number of carbonyl (C=O) groups excluding carboxylic acids is 1. The van der Waals surface area contributed by atoms with Crippen molar-refractivity contribution in [1.29, 1.82) is 5.26 Å². The molecule has 5 heteroatoms. The van der Waals surface area contributed by atoms with Crippen molar-refractivity contribution in [2.24, 2.45) is 0 Å². The average Bonchev–Trinajstić information content (AvgIpc) is 3.11. The molecule has 0 saturated heterocycles. The molecule has 0 aliphatic carbocycles. The van der Waals surface area contributed by atoms with Gasteiger partial charge in [0.1, 0.15) is 23.2 Å². The molecule has 0 fully saturated rings. The van der Waals surface area contributed by atoms with Crippen molar-refractivity contribution in [2.45, 2.75) is 6.92 Å². The van der Waals surface area contributed by atoms with Crippen LogP contribution in [0.5, 0.6) is 0 Å². The Bertz CT molecular complexity index is 994. The molecule has 1 N–H and O–H groups in total. The summed E-state index contributed by atoms with van der Waals surface area (Å²) in [5.74, 6) is 0.595. The fourth-order valence-electron chi connectivity index (χ4n) is 2.33. The van der Waals surface area contributed by atoms with E-state index in [9.17, 15) is 10.1 Å². The van der Waals surface area contributed by atoms with Gasteiger partial charge in [0.05, 0.1) is 0 Å². The molecule has 0 spiro atoms. The van der Waals surface area contributed by atoms with Crippen LogP contribution in [0, 0.1) is 18.3 Å². The van der Waals surface area contributed by atoms with Crippen molar-refractivity contribution < 1.29 is 9.21 Å². The van der Waals surface area contributed by atoms with Crippen LogP contribution in [-0.2, 0) is 4.79 Å². The molecule has 4 nitrogen and oxygen atoms in total. The summed E-state index contributed by atoms with van der Waals surface area (Å²) in [6.07, 6.45) is 1.42. The van der Waals surface area contributed by atoms with E-state index in [1.54, 1.807) is 30.3 Å². The highest BCUT2D eigenvalue weighted by atomic mass is 35.5. The quantitative estimate of drug-likeness (QED) is 0.495. The van der Waals surface area contributed by atoms with E-state index >= 15 is 0 Å². The number of amides is 1. The van der Waals surface area contributed by atoms with Gasteiger partial charge in [-0.15, -0.1) is 0 Å². The zero-order chi connectivity index (χ0) is 18.5. The van der Waals surface area contributed by atoms with Gasteiger partial charge in [-0.2, -0.15) is 5.26 Å². The standard InChI is InChI=1S/C21H15ClN2O2/c1-14-2-4-15(5-3-14)20-11-10-19(26-20)12-16(13-23)21(25)24-18-8-6-17(22)7-9-18/h2-12H,1H3,(H,24,25)/b16-12+. The van der Waals surface area contributed by atoms with E-state index in [0.717, 1.165) is 11.1 Å². The molecule has 0 aliphatic rings. The first kappa shape index (κ1) is 17.5. The van der Waals surface area contributed by atoms with Gasteiger partial charge in [0.2, 0.25) is 0 Å². The lowest BCUT2D eigenvalue weighted by Crippen LogP contribution is -2.13. The molecular formula is C21H15ClN2O2. The van der Waals surface area contributed by atoms with Crippen molar-refractivity contribution >= 4 is 29.3 Å². The predicted octanol–water partition coefficient (Wildman–Crippen LogP) is 5.45. The highest BCUT2D eigenvalue weighted by Gasteiger charge is 2.11. The SMILES string of the molecule is Cc1ccc(-c2ccc(/C=C(\C#N)C(=O)Nc3ccc(Cl)cc3)o2)cc1. The molecule has 1 aromatic heterocycles. The number of nitrogens with one attached hydrogen (secondary N) is 1. The molecule has 1 heterocycles. The Morgan fingerprint density at radius 1 is 1.08 bits per heavy atom. The number of furan rings is 1. The maximum atomic E-state index is 12.3. The zero-order valence-corrected chi connectivity index (χ0v) is 14.7. The number of hydrogen-bond acceptors (Lipinski definition) is 3. The van der Waals surface area contributed by atoms with Crippen LogP contribution in [0.4, 0.5) is 5.69 Å². The first-order valence-corrected chi connectivity index (χ1v) is 8.28. The van der Waals surface area contributed by atoms with Crippen LogP contribution in [0.1, 0.15) is 11.3 Å². The summed E-state index contributed by atoms with van der Waals surface area (Å²) in [7, 11) is 0. The molecule has 0 unspecified atom stereocenters. The van der Waals surface area contributed by atoms with Crippen molar-refractivity contribution in [2.75, 3.05) is 5.32 Å². The van der Waals surface area contributed by atoms with Crippen LogP contribution in [0.15, 0.2) is 70.7 Å². The normalized spacial score (nSPS) is 11.0. The van der Waals surface area contributed by atoms with Gasteiger partial charge in [0.15, 0.2) is 0 Å². The highest BCUT2D eigenvalue weighted by Crippen LogP contribution is 2.24. The van der Waals surface area contributed by atoms with Gasteiger partial charge in [-0.1, -0.05) is 41.4 Å². The second kappa shape index (κ2) is 7.73.